The zero-order valence-electron chi connectivity index (χ0n) is 17.0. The third-order valence-electron chi connectivity index (χ3n) is 4.45. The molecule has 0 spiro atoms. The van der Waals surface area contributed by atoms with Gasteiger partial charge >= 0.3 is 0 Å². The van der Waals surface area contributed by atoms with E-state index in [0.717, 1.165) is 25.9 Å². The van der Waals surface area contributed by atoms with Crippen LogP contribution in [0.2, 0.25) is 0 Å². The third-order valence-corrected chi connectivity index (χ3v) is 7.03. The zero-order chi connectivity index (χ0) is 21.7. The van der Waals surface area contributed by atoms with Crippen molar-refractivity contribution in [1.82, 2.24) is 5.43 Å². The number of sulfonamides is 1. The molecule has 0 saturated heterocycles. The lowest BCUT2D eigenvalue weighted by atomic mass is 10.1. The lowest BCUT2D eigenvalue weighted by molar-refractivity contribution is -0.119. The van der Waals surface area contributed by atoms with Crippen molar-refractivity contribution >= 4 is 39.2 Å². The van der Waals surface area contributed by atoms with Gasteiger partial charge in [-0.1, -0.05) is 35.9 Å². The van der Waals surface area contributed by atoms with Crippen LogP contribution in [-0.4, -0.2) is 27.1 Å². The van der Waals surface area contributed by atoms with Crippen molar-refractivity contribution in [2.24, 2.45) is 5.10 Å². The van der Waals surface area contributed by atoms with Crippen molar-refractivity contribution < 1.29 is 13.2 Å². The average molecular weight is 442 g/mol. The van der Waals surface area contributed by atoms with E-state index in [1.807, 2.05) is 50.4 Å². The predicted molar refractivity (Wildman–Crippen MR) is 122 cm³/mol. The number of benzene rings is 2. The van der Waals surface area contributed by atoms with Crippen molar-refractivity contribution in [3.05, 3.63) is 81.5 Å². The first-order chi connectivity index (χ1) is 14.3. The first-order valence-corrected chi connectivity index (χ1v) is 11.6. The van der Waals surface area contributed by atoms with Gasteiger partial charge in [-0.15, -0.1) is 11.3 Å². The Kier molecular flexibility index (Phi) is 6.69. The van der Waals surface area contributed by atoms with E-state index in [1.54, 1.807) is 30.3 Å². The molecule has 1 N–H and O–H groups in total. The summed E-state index contributed by atoms with van der Waals surface area (Å²) in [5.74, 6) is -0.528. The summed E-state index contributed by atoms with van der Waals surface area (Å²) in [5.41, 5.74) is 5.49. The number of carbonyl (C=O) groups excluding carboxylic acids is 1. The van der Waals surface area contributed by atoms with Crippen LogP contribution in [0.5, 0.6) is 0 Å². The monoisotopic (exact) mass is 441 g/mol. The Labute approximate surface area is 180 Å². The quantitative estimate of drug-likeness (QED) is 0.444. The van der Waals surface area contributed by atoms with Gasteiger partial charge in [-0.3, -0.25) is 9.10 Å². The standard InChI is InChI=1S/C22H23N3O3S2/c1-16-7-10-20(11-8-16)30(27,28)25(21-13-17(2)6-9-18(21)3)15-22(26)24-23-14-19-5-4-12-29-19/h4-14H,15H2,1-3H3,(H,24,26). The molecule has 0 radical (unpaired) electrons. The summed E-state index contributed by atoms with van der Waals surface area (Å²) in [7, 11) is -3.95. The van der Waals surface area contributed by atoms with Crippen LogP contribution in [0.15, 0.2) is 70.0 Å². The molecule has 6 nitrogen and oxygen atoms in total. The lowest BCUT2D eigenvalue weighted by Crippen LogP contribution is -2.40. The fraction of sp³-hybridized carbons (Fsp3) is 0.182. The molecule has 0 aliphatic rings. The number of nitrogens with one attached hydrogen (secondary N) is 1. The van der Waals surface area contributed by atoms with Crippen LogP contribution in [0.3, 0.4) is 0 Å². The first kappa shape index (κ1) is 21.7. The Morgan fingerprint density at radius 2 is 1.77 bits per heavy atom. The Morgan fingerprint density at radius 3 is 2.43 bits per heavy atom. The first-order valence-electron chi connectivity index (χ1n) is 9.29. The number of carbonyl (C=O) groups is 1. The predicted octanol–water partition coefficient (Wildman–Crippen LogP) is 4.02. The summed E-state index contributed by atoms with van der Waals surface area (Å²) in [6.45, 7) is 5.20. The summed E-state index contributed by atoms with van der Waals surface area (Å²) in [5, 5.41) is 5.83. The highest BCUT2D eigenvalue weighted by molar-refractivity contribution is 7.92. The van der Waals surface area contributed by atoms with E-state index in [-0.39, 0.29) is 11.4 Å². The van der Waals surface area contributed by atoms with Gasteiger partial charge in [0, 0.05) is 4.88 Å². The number of rotatable bonds is 7. The minimum absolute atomic E-state index is 0.129. The third kappa shape index (κ3) is 5.14. The maximum absolute atomic E-state index is 13.4. The van der Waals surface area contributed by atoms with Gasteiger partial charge in [0.05, 0.1) is 16.8 Å². The molecular formula is C22H23N3O3S2. The van der Waals surface area contributed by atoms with Gasteiger partial charge in [-0.05, 0) is 61.5 Å². The fourth-order valence-electron chi connectivity index (χ4n) is 2.82. The molecule has 3 aromatic rings. The van der Waals surface area contributed by atoms with Gasteiger partial charge in [-0.25, -0.2) is 13.8 Å². The average Bonchev–Trinajstić information content (AvgIpc) is 3.22. The number of nitrogens with zero attached hydrogens (tertiary/aromatic N) is 2. The Bertz CT molecular complexity index is 1150. The normalized spacial score (nSPS) is 11.6. The van der Waals surface area contributed by atoms with Crippen molar-refractivity contribution in [2.45, 2.75) is 25.7 Å². The number of anilines is 1. The van der Waals surface area contributed by atoms with E-state index >= 15 is 0 Å². The van der Waals surface area contributed by atoms with Gasteiger partial charge in [-0.2, -0.15) is 5.10 Å². The largest absolute Gasteiger partial charge is 0.271 e. The van der Waals surface area contributed by atoms with Crippen LogP contribution < -0.4 is 9.73 Å². The van der Waals surface area contributed by atoms with E-state index in [0.29, 0.717) is 5.69 Å². The summed E-state index contributed by atoms with van der Waals surface area (Å²) in [6.07, 6.45) is 1.53. The van der Waals surface area contributed by atoms with E-state index < -0.39 is 15.9 Å². The second-order valence-corrected chi connectivity index (χ2v) is 9.76. The molecule has 0 unspecified atom stereocenters. The molecule has 3 rings (SSSR count). The lowest BCUT2D eigenvalue weighted by Gasteiger charge is -2.25. The van der Waals surface area contributed by atoms with E-state index in [9.17, 15) is 13.2 Å². The van der Waals surface area contributed by atoms with Gasteiger partial charge in [0.15, 0.2) is 0 Å². The van der Waals surface area contributed by atoms with Gasteiger partial charge in [0.2, 0.25) is 0 Å². The Morgan fingerprint density at radius 1 is 1.07 bits per heavy atom. The molecule has 0 aliphatic carbocycles. The van der Waals surface area contributed by atoms with Crippen molar-refractivity contribution in [3.63, 3.8) is 0 Å². The SMILES string of the molecule is Cc1ccc(S(=O)(=O)N(CC(=O)NN=Cc2cccs2)c2cc(C)ccc2C)cc1. The van der Waals surface area contributed by atoms with E-state index in [2.05, 4.69) is 10.5 Å². The smallest absolute Gasteiger partial charge is 0.264 e. The summed E-state index contributed by atoms with van der Waals surface area (Å²) in [4.78, 5) is 13.6. The maximum Gasteiger partial charge on any atom is 0.264 e. The van der Waals surface area contributed by atoms with Crippen molar-refractivity contribution in [3.8, 4) is 0 Å². The molecule has 2 aromatic carbocycles. The topological polar surface area (TPSA) is 78.8 Å². The molecule has 1 aromatic heterocycles. The highest BCUT2D eigenvalue weighted by Crippen LogP contribution is 2.28. The molecule has 156 valence electrons. The number of hydrogen-bond acceptors (Lipinski definition) is 5. The Hall–Kier alpha value is -2.97. The molecule has 30 heavy (non-hydrogen) atoms. The van der Waals surface area contributed by atoms with Crippen LogP contribution in [-0.2, 0) is 14.8 Å². The summed E-state index contributed by atoms with van der Waals surface area (Å²) in [6, 6.07) is 15.8. The molecule has 0 bridgehead atoms. The number of hydrogen-bond donors (Lipinski definition) is 1. The van der Waals surface area contributed by atoms with Gasteiger partial charge < -0.3 is 0 Å². The molecular weight excluding hydrogens is 418 g/mol. The van der Waals surface area contributed by atoms with Crippen LogP contribution >= 0.6 is 11.3 Å². The molecule has 1 amide bonds. The van der Waals surface area contributed by atoms with Crippen LogP contribution in [0.1, 0.15) is 21.6 Å². The second kappa shape index (κ2) is 9.23. The molecule has 8 heteroatoms. The highest BCUT2D eigenvalue weighted by Gasteiger charge is 2.28. The Balaban J connectivity index is 1.92. The van der Waals surface area contributed by atoms with Crippen LogP contribution in [0.25, 0.3) is 0 Å². The molecule has 1 heterocycles. The number of amides is 1. The van der Waals surface area contributed by atoms with Crippen LogP contribution in [0.4, 0.5) is 5.69 Å². The van der Waals surface area contributed by atoms with Crippen molar-refractivity contribution in [1.29, 1.82) is 0 Å². The van der Waals surface area contributed by atoms with E-state index in [1.165, 1.54) is 17.6 Å². The fourth-order valence-corrected chi connectivity index (χ4v) is 4.89. The molecule has 0 atom stereocenters. The van der Waals surface area contributed by atoms with Gasteiger partial charge in [0.25, 0.3) is 15.9 Å². The number of hydrazone groups is 1. The summed E-state index contributed by atoms with van der Waals surface area (Å²) < 4.78 is 28.0. The number of aryl methyl sites for hydroxylation is 3. The number of thiophene rings is 1. The molecule has 0 fully saturated rings. The van der Waals surface area contributed by atoms with Crippen molar-refractivity contribution in [2.75, 3.05) is 10.8 Å². The minimum Gasteiger partial charge on any atom is -0.271 e. The second-order valence-electron chi connectivity index (χ2n) is 6.92. The highest BCUT2D eigenvalue weighted by atomic mass is 32.2. The van der Waals surface area contributed by atoms with E-state index in [4.69, 9.17) is 0 Å². The van der Waals surface area contributed by atoms with Crippen LogP contribution in [0, 0.1) is 20.8 Å². The maximum atomic E-state index is 13.4. The van der Waals surface area contributed by atoms with Gasteiger partial charge in [0.1, 0.15) is 6.54 Å². The summed E-state index contributed by atoms with van der Waals surface area (Å²) >= 11 is 1.48. The molecule has 0 saturated carbocycles. The zero-order valence-corrected chi connectivity index (χ0v) is 18.6. The minimum atomic E-state index is -3.95. The molecule has 0 aliphatic heterocycles.